The molecule has 0 unspecified atom stereocenters. The third kappa shape index (κ3) is 1.74. The van der Waals surface area contributed by atoms with Crippen molar-refractivity contribution in [1.29, 1.82) is 0 Å². The molecule has 0 N–H and O–H groups in total. The fourth-order valence-electron chi connectivity index (χ4n) is 3.19. The van der Waals surface area contributed by atoms with E-state index in [1.165, 1.54) is 21.9 Å². The van der Waals surface area contributed by atoms with Crippen molar-refractivity contribution in [3.8, 4) is 0 Å². The van der Waals surface area contributed by atoms with E-state index in [1.54, 1.807) is 0 Å². The molecule has 2 atom stereocenters. The molecular formula is C17H18O. The number of ketones is 1. The van der Waals surface area contributed by atoms with Crippen LogP contribution in [0.4, 0.5) is 0 Å². The summed E-state index contributed by atoms with van der Waals surface area (Å²) in [6, 6.07) is 12.9. The molecule has 0 aromatic heterocycles. The Kier molecular flexibility index (Phi) is 2.70. The van der Waals surface area contributed by atoms with E-state index in [0.29, 0.717) is 5.78 Å². The topological polar surface area (TPSA) is 17.1 Å². The van der Waals surface area contributed by atoms with E-state index in [9.17, 15) is 4.79 Å². The van der Waals surface area contributed by atoms with Gasteiger partial charge in [0.05, 0.1) is 0 Å². The highest BCUT2D eigenvalue weighted by molar-refractivity contribution is 5.92. The first-order valence-electron chi connectivity index (χ1n) is 6.70. The van der Waals surface area contributed by atoms with E-state index < -0.39 is 0 Å². The van der Waals surface area contributed by atoms with Crippen LogP contribution >= 0.6 is 0 Å². The predicted octanol–water partition coefficient (Wildman–Crippen LogP) is 3.78. The van der Waals surface area contributed by atoms with Gasteiger partial charge in [0.15, 0.2) is 0 Å². The zero-order valence-corrected chi connectivity index (χ0v) is 10.9. The smallest absolute Gasteiger partial charge is 0.139 e. The van der Waals surface area contributed by atoms with Crippen molar-refractivity contribution >= 4 is 16.6 Å². The van der Waals surface area contributed by atoms with Crippen molar-refractivity contribution in [2.24, 2.45) is 11.8 Å². The highest BCUT2D eigenvalue weighted by Crippen LogP contribution is 2.30. The van der Waals surface area contributed by atoms with Gasteiger partial charge in [0.25, 0.3) is 0 Å². The van der Waals surface area contributed by atoms with Crippen molar-refractivity contribution in [3.05, 3.63) is 47.5 Å². The molecule has 2 aromatic carbocycles. The molecular weight excluding hydrogens is 220 g/mol. The van der Waals surface area contributed by atoms with E-state index in [2.05, 4.69) is 50.2 Å². The van der Waals surface area contributed by atoms with Crippen LogP contribution in [0.2, 0.25) is 0 Å². The van der Waals surface area contributed by atoms with Crippen LogP contribution in [0.15, 0.2) is 36.4 Å². The van der Waals surface area contributed by atoms with Gasteiger partial charge >= 0.3 is 0 Å². The van der Waals surface area contributed by atoms with Gasteiger partial charge in [-0.3, -0.25) is 4.79 Å². The van der Waals surface area contributed by atoms with Crippen molar-refractivity contribution < 1.29 is 4.79 Å². The number of hydrogen-bond acceptors (Lipinski definition) is 1. The molecule has 1 aliphatic rings. The third-order valence-electron chi connectivity index (χ3n) is 4.10. The van der Waals surface area contributed by atoms with E-state index in [-0.39, 0.29) is 11.8 Å². The second-order valence-corrected chi connectivity index (χ2v) is 5.55. The van der Waals surface area contributed by atoms with Gasteiger partial charge in [-0.05, 0) is 34.7 Å². The van der Waals surface area contributed by atoms with Crippen LogP contribution in [0.25, 0.3) is 10.8 Å². The normalized spacial score (nSPS) is 23.8. The Morgan fingerprint density at radius 2 is 1.39 bits per heavy atom. The van der Waals surface area contributed by atoms with Crippen LogP contribution in [0, 0.1) is 11.8 Å². The molecule has 0 aliphatic heterocycles. The Morgan fingerprint density at radius 1 is 0.889 bits per heavy atom. The minimum Gasteiger partial charge on any atom is -0.299 e. The Morgan fingerprint density at radius 3 is 1.89 bits per heavy atom. The van der Waals surface area contributed by atoms with Gasteiger partial charge in [-0.1, -0.05) is 50.2 Å². The predicted molar refractivity (Wildman–Crippen MR) is 74.7 cm³/mol. The van der Waals surface area contributed by atoms with E-state index in [4.69, 9.17) is 0 Å². The molecule has 1 heteroatoms. The van der Waals surface area contributed by atoms with Gasteiger partial charge in [-0.25, -0.2) is 0 Å². The molecule has 0 radical (unpaired) electrons. The van der Waals surface area contributed by atoms with Gasteiger partial charge in [-0.2, -0.15) is 0 Å². The quantitative estimate of drug-likeness (QED) is 0.682. The zero-order valence-electron chi connectivity index (χ0n) is 10.9. The maximum absolute atomic E-state index is 12.2. The minimum absolute atomic E-state index is 0.138. The maximum Gasteiger partial charge on any atom is 0.139 e. The van der Waals surface area contributed by atoms with Gasteiger partial charge in [0.2, 0.25) is 0 Å². The molecule has 0 fully saturated rings. The number of carbonyl (C=O) groups excluding carboxylic acids is 1. The minimum atomic E-state index is 0.138. The van der Waals surface area contributed by atoms with Crippen LogP contribution < -0.4 is 0 Å². The summed E-state index contributed by atoms with van der Waals surface area (Å²) < 4.78 is 0. The van der Waals surface area contributed by atoms with E-state index >= 15 is 0 Å². The molecule has 0 spiro atoms. The summed E-state index contributed by atoms with van der Waals surface area (Å²) in [6.45, 7) is 4.12. The number of benzene rings is 2. The van der Waals surface area contributed by atoms with Gasteiger partial charge in [-0.15, -0.1) is 0 Å². The molecule has 0 saturated carbocycles. The lowest BCUT2D eigenvalue weighted by atomic mass is 9.81. The standard InChI is InChI=1S/C17H18O/c1-11-9-14-7-3-5-13-6-4-8-15(16(13)14)10-12(2)17(11)18/h3-8,11-12H,9-10H2,1-2H3/t11-,12+. The van der Waals surface area contributed by atoms with Crippen molar-refractivity contribution in [3.63, 3.8) is 0 Å². The average Bonchev–Trinajstić information content (AvgIpc) is 2.37. The number of Topliss-reactive ketones (excluding diaryl/α,β-unsaturated/α-hetero) is 1. The zero-order chi connectivity index (χ0) is 12.7. The summed E-state index contributed by atoms with van der Waals surface area (Å²) in [5.41, 5.74) is 2.66. The lowest BCUT2D eigenvalue weighted by Gasteiger charge is -2.22. The summed E-state index contributed by atoms with van der Waals surface area (Å²) in [7, 11) is 0. The Bertz CT molecular complexity index is 563. The van der Waals surface area contributed by atoms with Gasteiger partial charge in [0.1, 0.15) is 5.78 Å². The largest absolute Gasteiger partial charge is 0.299 e. The molecule has 0 bridgehead atoms. The van der Waals surface area contributed by atoms with Crippen LogP contribution in [0.5, 0.6) is 0 Å². The average molecular weight is 238 g/mol. The molecule has 2 aromatic rings. The highest BCUT2D eigenvalue weighted by atomic mass is 16.1. The Labute approximate surface area is 108 Å². The van der Waals surface area contributed by atoms with Crippen molar-refractivity contribution in [2.75, 3.05) is 0 Å². The fraction of sp³-hybridized carbons (Fsp3) is 0.353. The van der Waals surface area contributed by atoms with Crippen LogP contribution in [0.3, 0.4) is 0 Å². The summed E-state index contributed by atoms with van der Waals surface area (Å²) in [5, 5.41) is 2.69. The summed E-state index contributed by atoms with van der Waals surface area (Å²) in [5.74, 6) is 0.680. The lowest BCUT2D eigenvalue weighted by Crippen LogP contribution is -2.24. The Balaban J connectivity index is 2.27. The first-order valence-corrected chi connectivity index (χ1v) is 6.70. The molecule has 0 saturated heterocycles. The molecule has 1 nitrogen and oxygen atoms in total. The van der Waals surface area contributed by atoms with Crippen LogP contribution in [-0.4, -0.2) is 5.78 Å². The van der Waals surface area contributed by atoms with Crippen LogP contribution in [-0.2, 0) is 17.6 Å². The highest BCUT2D eigenvalue weighted by Gasteiger charge is 2.24. The lowest BCUT2D eigenvalue weighted by molar-refractivity contribution is -0.125. The SMILES string of the molecule is C[C@@H]1Cc2cccc3cccc(c23)C[C@H](C)C1=O. The molecule has 3 rings (SSSR count). The number of rotatable bonds is 0. The Hall–Kier alpha value is -1.63. The summed E-state index contributed by atoms with van der Waals surface area (Å²) >= 11 is 0. The first-order chi connectivity index (χ1) is 8.66. The maximum atomic E-state index is 12.2. The van der Waals surface area contributed by atoms with Crippen molar-refractivity contribution in [2.45, 2.75) is 26.7 Å². The second kappa shape index (κ2) is 4.24. The van der Waals surface area contributed by atoms with E-state index in [1.807, 2.05) is 0 Å². The molecule has 92 valence electrons. The monoisotopic (exact) mass is 238 g/mol. The van der Waals surface area contributed by atoms with Crippen LogP contribution in [0.1, 0.15) is 25.0 Å². The third-order valence-corrected chi connectivity index (χ3v) is 4.10. The number of hydrogen-bond donors (Lipinski definition) is 0. The number of carbonyl (C=O) groups is 1. The van der Waals surface area contributed by atoms with E-state index in [0.717, 1.165) is 12.8 Å². The fourth-order valence-corrected chi connectivity index (χ4v) is 3.19. The molecule has 18 heavy (non-hydrogen) atoms. The van der Waals surface area contributed by atoms with Gasteiger partial charge in [0, 0.05) is 11.8 Å². The first kappa shape index (κ1) is 11.5. The molecule has 0 amide bonds. The van der Waals surface area contributed by atoms with Gasteiger partial charge < -0.3 is 0 Å². The van der Waals surface area contributed by atoms with Crippen molar-refractivity contribution in [1.82, 2.24) is 0 Å². The molecule has 0 heterocycles. The molecule has 1 aliphatic carbocycles. The summed E-state index contributed by atoms with van der Waals surface area (Å²) in [6.07, 6.45) is 1.75. The summed E-state index contributed by atoms with van der Waals surface area (Å²) in [4.78, 5) is 12.2. The second-order valence-electron chi connectivity index (χ2n) is 5.55.